The molecule has 2 aromatic heterocycles. The molecule has 0 saturated heterocycles. The van der Waals surface area contributed by atoms with Crippen LogP contribution in [-0.4, -0.2) is 31.7 Å². The summed E-state index contributed by atoms with van der Waals surface area (Å²) in [6.45, 7) is 2.67. The number of carboxylic acid groups (broad SMARTS) is 2. The van der Waals surface area contributed by atoms with E-state index in [0.717, 1.165) is 46.8 Å². The fourth-order valence-corrected chi connectivity index (χ4v) is 4.08. The van der Waals surface area contributed by atoms with Crippen molar-refractivity contribution in [3.8, 4) is 0 Å². The van der Waals surface area contributed by atoms with Gasteiger partial charge in [0, 0.05) is 29.8 Å². The molecule has 3 aromatic rings. The smallest absolute Gasteiger partial charge is 0.332 e. The Hall–Kier alpha value is -3.19. The Morgan fingerprint density at radius 1 is 1.10 bits per heavy atom. The highest BCUT2D eigenvalue weighted by Gasteiger charge is 2.14. The van der Waals surface area contributed by atoms with Gasteiger partial charge in [-0.05, 0) is 35.1 Å². The van der Waals surface area contributed by atoms with Crippen LogP contribution in [0.1, 0.15) is 47.3 Å². The van der Waals surface area contributed by atoms with E-state index >= 15 is 0 Å². The van der Waals surface area contributed by atoms with Crippen LogP contribution < -0.4 is 0 Å². The SMILES string of the molecule is CCCCc1ncc(C=C(Cc2cccs2)C(=O)O)n1Cc1ccc(CC(=O)O)cc1. The summed E-state index contributed by atoms with van der Waals surface area (Å²) in [5.41, 5.74) is 2.84. The van der Waals surface area contributed by atoms with Gasteiger partial charge in [-0.1, -0.05) is 43.7 Å². The molecule has 2 heterocycles. The molecule has 0 unspecified atom stereocenters. The minimum Gasteiger partial charge on any atom is -0.481 e. The van der Waals surface area contributed by atoms with Crippen LogP contribution >= 0.6 is 11.3 Å². The summed E-state index contributed by atoms with van der Waals surface area (Å²) in [5, 5.41) is 20.6. The third kappa shape index (κ3) is 6.39. The van der Waals surface area contributed by atoms with Crippen molar-refractivity contribution < 1.29 is 19.8 Å². The van der Waals surface area contributed by atoms with E-state index in [1.807, 2.05) is 41.8 Å². The number of thiophene rings is 1. The largest absolute Gasteiger partial charge is 0.481 e. The van der Waals surface area contributed by atoms with Gasteiger partial charge in [0.25, 0.3) is 0 Å². The molecule has 1 aromatic carbocycles. The summed E-state index contributed by atoms with van der Waals surface area (Å²) >= 11 is 1.54. The first kappa shape index (κ1) is 22.5. The topological polar surface area (TPSA) is 92.4 Å². The fraction of sp³-hybridized carbons (Fsp3) is 0.292. The first-order valence-corrected chi connectivity index (χ1v) is 11.1. The number of carbonyl (C=O) groups is 2. The van der Waals surface area contributed by atoms with E-state index in [1.54, 1.807) is 12.3 Å². The number of unbranched alkanes of at least 4 members (excludes halogenated alkanes) is 1. The van der Waals surface area contributed by atoms with Crippen molar-refractivity contribution in [2.24, 2.45) is 0 Å². The van der Waals surface area contributed by atoms with Crippen LogP contribution in [0.25, 0.3) is 6.08 Å². The zero-order valence-electron chi connectivity index (χ0n) is 17.5. The number of rotatable bonds is 11. The van der Waals surface area contributed by atoms with Gasteiger partial charge in [-0.2, -0.15) is 0 Å². The van der Waals surface area contributed by atoms with E-state index in [-0.39, 0.29) is 6.42 Å². The maximum Gasteiger partial charge on any atom is 0.332 e. The van der Waals surface area contributed by atoms with Crippen molar-refractivity contribution in [3.05, 3.63) is 81.1 Å². The summed E-state index contributed by atoms with van der Waals surface area (Å²) in [6.07, 6.45) is 6.66. The highest BCUT2D eigenvalue weighted by molar-refractivity contribution is 7.09. The lowest BCUT2D eigenvalue weighted by Crippen LogP contribution is -2.09. The zero-order chi connectivity index (χ0) is 22.2. The highest BCUT2D eigenvalue weighted by atomic mass is 32.1. The molecule has 0 radical (unpaired) electrons. The molecule has 0 aliphatic carbocycles. The van der Waals surface area contributed by atoms with E-state index in [2.05, 4.69) is 16.5 Å². The number of aromatic nitrogens is 2. The molecule has 0 amide bonds. The predicted octanol–water partition coefficient (Wildman–Crippen LogP) is 4.67. The van der Waals surface area contributed by atoms with Crippen LogP contribution in [0.5, 0.6) is 0 Å². The molecule has 0 fully saturated rings. The van der Waals surface area contributed by atoms with E-state index in [0.29, 0.717) is 18.5 Å². The van der Waals surface area contributed by atoms with Crippen LogP contribution in [0.4, 0.5) is 0 Å². The second-order valence-electron chi connectivity index (χ2n) is 7.41. The van der Waals surface area contributed by atoms with Crippen molar-refractivity contribution >= 4 is 29.4 Å². The van der Waals surface area contributed by atoms with Crippen molar-refractivity contribution in [3.63, 3.8) is 0 Å². The Morgan fingerprint density at radius 3 is 2.45 bits per heavy atom. The van der Waals surface area contributed by atoms with Gasteiger partial charge < -0.3 is 14.8 Å². The molecule has 3 rings (SSSR count). The average Bonchev–Trinajstić information content (AvgIpc) is 3.37. The minimum atomic E-state index is -0.936. The summed E-state index contributed by atoms with van der Waals surface area (Å²) < 4.78 is 2.05. The van der Waals surface area contributed by atoms with Crippen molar-refractivity contribution in [1.29, 1.82) is 0 Å². The third-order valence-electron chi connectivity index (χ3n) is 4.98. The van der Waals surface area contributed by atoms with Gasteiger partial charge in [-0.15, -0.1) is 11.3 Å². The van der Waals surface area contributed by atoms with Crippen molar-refractivity contribution in [2.75, 3.05) is 0 Å². The minimum absolute atomic E-state index is 0.00815. The van der Waals surface area contributed by atoms with Gasteiger partial charge in [0.2, 0.25) is 0 Å². The van der Waals surface area contributed by atoms with E-state index < -0.39 is 11.9 Å². The van der Waals surface area contributed by atoms with Crippen LogP contribution in [0.15, 0.2) is 53.5 Å². The molecule has 6 nitrogen and oxygen atoms in total. The first-order chi connectivity index (χ1) is 15.0. The van der Waals surface area contributed by atoms with Crippen LogP contribution in [0, 0.1) is 0 Å². The molecule has 0 aliphatic rings. The lowest BCUT2D eigenvalue weighted by molar-refractivity contribution is -0.136. The second kappa shape index (κ2) is 10.7. The van der Waals surface area contributed by atoms with Crippen molar-refractivity contribution in [2.45, 2.75) is 45.6 Å². The third-order valence-corrected chi connectivity index (χ3v) is 5.86. The summed E-state index contributed by atoms with van der Waals surface area (Å²) in [6, 6.07) is 11.3. The molecular weight excluding hydrogens is 412 g/mol. The zero-order valence-corrected chi connectivity index (χ0v) is 18.3. The second-order valence-corrected chi connectivity index (χ2v) is 8.44. The molecule has 0 bridgehead atoms. The molecule has 0 aliphatic heterocycles. The Morgan fingerprint density at radius 2 is 1.84 bits per heavy atom. The summed E-state index contributed by atoms with van der Waals surface area (Å²) in [5.74, 6) is -0.874. The maximum absolute atomic E-state index is 11.9. The Labute approximate surface area is 185 Å². The summed E-state index contributed by atoms with van der Waals surface area (Å²) in [4.78, 5) is 28.3. The highest BCUT2D eigenvalue weighted by Crippen LogP contribution is 2.20. The van der Waals surface area contributed by atoms with Gasteiger partial charge >= 0.3 is 11.9 Å². The molecule has 0 saturated carbocycles. The van der Waals surface area contributed by atoms with Crippen LogP contribution in [-0.2, 0) is 35.4 Å². The van der Waals surface area contributed by atoms with Crippen molar-refractivity contribution in [1.82, 2.24) is 9.55 Å². The molecular formula is C24H26N2O4S. The number of hydrogen-bond donors (Lipinski definition) is 2. The van der Waals surface area contributed by atoms with E-state index in [1.165, 1.54) is 11.3 Å². The van der Waals surface area contributed by atoms with Gasteiger partial charge in [0.15, 0.2) is 0 Å². The molecule has 31 heavy (non-hydrogen) atoms. The Balaban J connectivity index is 1.90. The molecule has 0 atom stereocenters. The molecule has 162 valence electrons. The average molecular weight is 439 g/mol. The van der Waals surface area contributed by atoms with Crippen LogP contribution in [0.2, 0.25) is 0 Å². The number of carboxylic acids is 2. The van der Waals surface area contributed by atoms with Gasteiger partial charge in [-0.3, -0.25) is 4.79 Å². The lowest BCUT2D eigenvalue weighted by Gasteiger charge is -2.12. The van der Waals surface area contributed by atoms with E-state index in [9.17, 15) is 14.7 Å². The van der Waals surface area contributed by atoms with Gasteiger partial charge in [-0.25, -0.2) is 9.78 Å². The fourth-order valence-electron chi connectivity index (χ4n) is 3.35. The normalized spacial score (nSPS) is 11.6. The Bertz CT molecular complexity index is 1050. The quantitative estimate of drug-likeness (QED) is 0.424. The Kier molecular flexibility index (Phi) is 7.78. The molecule has 2 N–H and O–H groups in total. The number of imidazole rings is 1. The van der Waals surface area contributed by atoms with E-state index in [4.69, 9.17) is 5.11 Å². The lowest BCUT2D eigenvalue weighted by atomic mass is 10.1. The maximum atomic E-state index is 11.9. The number of nitrogens with zero attached hydrogens (tertiary/aromatic N) is 2. The van der Waals surface area contributed by atoms with Gasteiger partial charge in [0.1, 0.15) is 5.82 Å². The molecule has 7 heteroatoms. The monoisotopic (exact) mass is 438 g/mol. The number of hydrogen-bond acceptors (Lipinski definition) is 4. The summed E-state index contributed by atoms with van der Waals surface area (Å²) in [7, 11) is 0. The molecule has 0 spiro atoms. The number of aliphatic carboxylic acids is 2. The predicted molar refractivity (Wildman–Crippen MR) is 121 cm³/mol. The number of aryl methyl sites for hydroxylation is 1. The first-order valence-electron chi connectivity index (χ1n) is 10.3. The standard InChI is InChI=1S/C24H26N2O4S/c1-2-3-6-22-25-15-20(13-19(24(29)30)14-21-5-4-11-31-21)26(22)16-18-9-7-17(8-10-18)12-23(27)28/h4-5,7-11,13,15H,2-3,6,12,14,16H2,1H3,(H,27,28)(H,29,30). The van der Waals surface area contributed by atoms with Crippen LogP contribution in [0.3, 0.4) is 0 Å². The van der Waals surface area contributed by atoms with Gasteiger partial charge in [0.05, 0.1) is 18.3 Å². The number of benzene rings is 1.